The Kier molecular flexibility index (Phi) is 9.12. The molecule has 3 heterocycles. The minimum Gasteiger partial charge on any atom is -0.491 e. The molecule has 2 amide bonds. The van der Waals surface area contributed by atoms with Crippen molar-refractivity contribution in [3.8, 4) is 5.75 Å². The summed E-state index contributed by atoms with van der Waals surface area (Å²) in [5, 5.41) is 15.5. The predicted molar refractivity (Wildman–Crippen MR) is 171 cm³/mol. The van der Waals surface area contributed by atoms with Crippen molar-refractivity contribution >= 4 is 34.0 Å². The number of hydrogen-bond donors (Lipinski definition) is 2. The van der Waals surface area contributed by atoms with Gasteiger partial charge in [-0.05, 0) is 68.1 Å². The number of carbonyl (C=O) groups is 2. The molecular formula is C34H39N5O5. The molecule has 0 aliphatic carbocycles. The molecule has 0 bridgehead atoms. The molecule has 0 saturated heterocycles. The molecule has 1 aliphatic rings. The van der Waals surface area contributed by atoms with E-state index in [0.717, 1.165) is 16.6 Å². The lowest BCUT2D eigenvalue weighted by Crippen LogP contribution is -2.47. The van der Waals surface area contributed by atoms with E-state index in [-0.39, 0.29) is 24.0 Å². The Morgan fingerprint density at radius 2 is 1.80 bits per heavy atom. The van der Waals surface area contributed by atoms with Gasteiger partial charge in [0.15, 0.2) is 0 Å². The highest BCUT2D eigenvalue weighted by atomic mass is 16.5. The first-order chi connectivity index (χ1) is 21.1. The molecule has 0 radical (unpaired) electrons. The molecule has 2 N–H and O–H groups in total. The Bertz CT molecular complexity index is 1730. The van der Waals surface area contributed by atoms with Gasteiger partial charge in [-0.25, -0.2) is 0 Å². The van der Waals surface area contributed by atoms with Crippen molar-refractivity contribution in [2.24, 2.45) is 5.41 Å². The van der Waals surface area contributed by atoms with Crippen LogP contribution in [0.4, 0.5) is 11.4 Å². The monoisotopic (exact) mass is 597 g/mol. The number of carbonyl (C=O) groups excluding carboxylic acids is 2. The maximum Gasteiger partial charge on any atom is 0.258 e. The third-order valence-corrected chi connectivity index (χ3v) is 8.06. The van der Waals surface area contributed by atoms with Crippen LogP contribution in [-0.4, -0.2) is 59.3 Å². The zero-order valence-corrected chi connectivity index (χ0v) is 25.6. The minimum atomic E-state index is -1.18. The van der Waals surface area contributed by atoms with Crippen LogP contribution in [0.1, 0.15) is 32.0 Å². The van der Waals surface area contributed by atoms with E-state index in [1.165, 1.54) is 4.90 Å². The van der Waals surface area contributed by atoms with E-state index in [4.69, 9.17) is 4.74 Å². The van der Waals surface area contributed by atoms with Gasteiger partial charge in [0.05, 0.1) is 11.4 Å². The van der Waals surface area contributed by atoms with E-state index in [0.29, 0.717) is 55.1 Å². The Balaban J connectivity index is 1.13. The number of rotatable bonds is 11. The average Bonchev–Trinajstić information content (AvgIpc) is 3.08. The van der Waals surface area contributed by atoms with Gasteiger partial charge in [-0.3, -0.25) is 19.4 Å². The smallest absolute Gasteiger partial charge is 0.258 e. The molecular weight excluding hydrogens is 558 g/mol. The molecule has 1 unspecified atom stereocenters. The van der Waals surface area contributed by atoms with Crippen LogP contribution in [0.2, 0.25) is 0 Å². The number of anilines is 2. The summed E-state index contributed by atoms with van der Waals surface area (Å²) < 4.78 is 7.58. The van der Waals surface area contributed by atoms with Crippen molar-refractivity contribution in [3.63, 3.8) is 0 Å². The normalized spacial score (nSPS) is 15.3. The van der Waals surface area contributed by atoms with Gasteiger partial charge >= 0.3 is 0 Å². The van der Waals surface area contributed by atoms with Crippen molar-refractivity contribution in [1.82, 2.24) is 14.9 Å². The maximum atomic E-state index is 13.1. The number of nitrogens with one attached hydrogen (secondary N) is 1. The van der Waals surface area contributed by atoms with E-state index >= 15 is 0 Å². The number of hydrogen-bond acceptors (Lipinski definition) is 7. The van der Waals surface area contributed by atoms with E-state index in [1.54, 1.807) is 54.8 Å². The van der Waals surface area contributed by atoms with Crippen molar-refractivity contribution < 1.29 is 19.4 Å². The summed E-state index contributed by atoms with van der Waals surface area (Å²) in [7, 11) is 1.66. The molecule has 44 heavy (non-hydrogen) atoms. The number of nitrogens with zero attached hydrogens (tertiary/aromatic N) is 4. The molecule has 0 fully saturated rings. The number of aliphatic hydroxyl groups is 1. The molecule has 230 valence electrons. The van der Waals surface area contributed by atoms with Crippen LogP contribution in [-0.2, 0) is 29.1 Å². The Labute approximate surface area is 256 Å². The van der Waals surface area contributed by atoms with E-state index < -0.39 is 11.5 Å². The topological polar surface area (TPSA) is 117 Å². The molecule has 0 saturated carbocycles. The second kappa shape index (κ2) is 13.0. The maximum absolute atomic E-state index is 13.1. The van der Waals surface area contributed by atoms with E-state index in [2.05, 4.69) is 10.3 Å². The third kappa shape index (κ3) is 6.36. The number of benzene rings is 2. The summed E-state index contributed by atoms with van der Waals surface area (Å²) in [6.07, 6.45) is 3.42. The summed E-state index contributed by atoms with van der Waals surface area (Å²) in [5.41, 5.74) is 1.94. The van der Waals surface area contributed by atoms with Crippen LogP contribution in [0.25, 0.3) is 10.8 Å². The molecule has 5 rings (SSSR count). The van der Waals surface area contributed by atoms with Crippen molar-refractivity contribution in [3.05, 3.63) is 94.7 Å². The summed E-state index contributed by atoms with van der Waals surface area (Å²) in [4.78, 5) is 46.5. The SMILES string of the molecule is CCN1C(=O)C(C)(C)C(=O)N(C)c2cc(OCC(O)CNCc3ccnc(CCn4ccc5ccccc5c4=O)c3)ccc21. The summed E-state index contributed by atoms with van der Waals surface area (Å²) in [6, 6.07) is 18.7. The van der Waals surface area contributed by atoms with Gasteiger partial charge in [0.1, 0.15) is 23.9 Å². The van der Waals surface area contributed by atoms with Crippen LogP contribution in [0.3, 0.4) is 0 Å². The highest BCUT2D eigenvalue weighted by Gasteiger charge is 2.45. The largest absolute Gasteiger partial charge is 0.491 e. The van der Waals surface area contributed by atoms with Gasteiger partial charge in [-0.2, -0.15) is 0 Å². The Hall–Kier alpha value is -4.54. The first kappa shape index (κ1) is 30.9. The Morgan fingerprint density at radius 1 is 1.00 bits per heavy atom. The average molecular weight is 598 g/mol. The van der Waals surface area contributed by atoms with Gasteiger partial charge in [0, 0.05) is 69.2 Å². The number of aryl methyl sites for hydroxylation is 2. The summed E-state index contributed by atoms with van der Waals surface area (Å²) in [6.45, 7) is 7.02. The predicted octanol–water partition coefficient (Wildman–Crippen LogP) is 3.52. The highest BCUT2D eigenvalue weighted by molar-refractivity contribution is 6.20. The van der Waals surface area contributed by atoms with Gasteiger partial charge in [-0.1, -0.05) is 18.2 Å². The van der Waals surface area contributed by atoms with Crippen LogP contribution < -0.4 is 25.4 Å². The van der Waals surface area contributed by atoms with Crippen LogP contribution in [0.15, 0.2) is 77.9 Å². The molecule has 10 heteroatoms. The zero-order chi connectivity index (χ0) is 31.4. The standard InChI is InChI=1S/C34H39N5O5/c1-5-39-29-11-10-27(19-30(29)37(4)32(42)34(2,3)33(39)43)44-22-26(40)21-35-20-23-12-15-36-25(18-23)14-17-38-16-13-24-8-6-7-9-28(24)31(38)41/h6-13,15-16,18-19,26,35,40H,5,14,17,20-22H2,1-4H3. The van der Waals surface area contributed by atoms with Crippen LogP contribution in [0.5, 0.6) is 5.75 Å². The number of aliphatic hydroxyl groups excluding tert-OH is 1. The first-order valence-electron chi connectivity index (χ1n) is 14.9. The third-order valence-electron chi connectivity index (χ3n) is 8.06. The van der Waals surface area contributed by atoms with E-state index in [9.17, 15) is 19.5 Å². The van der Waals surface area contributed by atoms with Gasteiger partial charge in [0.2, 0.25) is 11.8 Å². The molecule has 2 aromatic heterocycles. The molecule has 1 atom stereocenters. The minimum absolute atomic E-state index is 0.00879. The van der Waals surface area contributed by atoms with E-state index in [1.807, 2.05) is 55.6 Å². The second-order valence-electron chi connectivity index (χ2n) is 11.6. The molecule has 10 nitrogen and oxygen atoms in total. The second-order valence-corrected chi connectivity index (χ2v) is 11.6. The van der Waals surface area contributed by atoms with Crippen molar-refractivity contribution in [2.75, 3.05) is 36.5 Å². The van der Waals surface area contributed by atoms with Crippen molar-refractivity contribution in [1.29, 1.82) is 0 Å². The van der Waals surface area contributed by atoms with Gasteiger partial charge in [-0.15, -0.1) is 0 Å². The van der Waals surface area contributed by atoms with Crippen molar-refractivity contribution in [2.45, 2.75) is 46.4 Å². The molecule has 4 aromatic rings. The highest BCUT2D eigenvalue weighted by Crippen LogP contribution is 2.40. The lowest BCUT2D eigenvalue weighted by atomic mass is 9.90. The molecule has 0 spiro atoms. The zero-order valence-electron chi connectivity index (χ0n) is 25.6. The van der Waals surface area contributed by atoms with Crippen LogP contribution >= 0.6 is 0 Å². The number of aromatic nitrogens is 2. The van der Waals surface area contributed by atoms with Gasteiger partial charge in [0.25, 0.3) is 5.56 Å². The molecule has 1 aliphatic heterocycles. The Morgan fingerprint density at radius 3 is 2.59 bits per heavy atom. The number of pyridine rings is 2. The fourth-order valence-electron chi connectivity index (χ4n) is 5.52. The lowest BCUT2D eigenvalue weighted by Gasteiger charge is -2.27. The lowest BCUT2D eigenvalue weighted by molar-refractivity contribution is -0.137. The first-order valence-corrected chi connectivity index (χ1v) is 14.9. The number of ether oxygens (including phenoxy) is 1. The fourth-order valence-corrected chi connectivity index (χ4v) is 5.52. The summed E-state index contributed by atoms with van der Waals surface area (Å²) in [5.74, 6) is -0.0367. The number of amides is 2. The summed E-state index contributed by atoms with van der Waals surface area (Å²) >= 11 is 0. The quantitative estimate of drug-likeness (QED) is 0.254. The van der Waals surface area contributed by atoms with Gasteiger partial charge < -0.3 is 29.5 Å². The fraction of sp³-hybridized carbons (Fsp3) is 0.353. The molecule has 2 aromatic carbocycles. The number of fused-ring (bicyclic) bond motifs is 2. The van der Waals surface area contributed by atoms with Crippen LogP contribution in [0, 0.1) is 5.41 Å².